The number of rotatable bonds is 6. The maximum Gasteiger partial charge on any atom is 0.270 e. The molecule has 142 valence electrons. The number of benzene rings is 1. The van der Waals surface area contributed by atoms with Crippen molar-refractivity contribution in [2.45, 2.75) is 27.3 Å². The molecule has 0 aromatic heterocycles. The normalized spacial score (nSPS) is 14.6. The summed E-state index contributed by atoms with van der Waals surface area (Å²) >= 11 is 0. The molecule has 0 atom stereocenters. The van der Waals surface area contributed by atoms with E-state index in [0.29, 0.717) is 34.9 Å². The van der Waals surface area contributed by atoms with Crippen LogP contribution in [0.5, 0.6) is 0 Å². The van der Waals surface area contributed by atoms with Crippen molar-refractivity contribution in [3.05, 3.63) is 71.5 Å². The van der Waals surface area contributed by atoms with Crippen LogP contribution in [0.4, 0.5) is 4.39 Å². The van der Waals surface area contributed by atoms with Gasteiger partial charge in [-0.2, -0.15) is 5.10 Å². The molecule has 0 radical (unpaired) electrons. The van der Waals surface area contributed by atoms with Gasteiger partial charge in [-0.1, -0.05) is 25.3 Å². The average Bonchev–Trinajstić information content (AvgIpc) is 2.63. The number of nitrogens with zero attached hydrogens (tertiary/aromatic N) is 3. The second kappa shape index (κ2) is 8.55. The zero-order valence-corrected chi connectivity index (χ0v) is 15.8. The van der Waals surface area contributed by atoms with Crippen LogP contribution in [0.3, 0.4) is 0 Å². The van der Waals surface area contributed by atoms with Gasteiger partial charge in [0, 0.05) is 18.8 Å². The Bertz CT molecular complexity index is 882. The van der Waals surface area contributed by atoms with E-state index in [2.05, 4.69) is 28.6 Å². The van der Waals surface area contributed by atoms with Crippen LogP contribution in [-0.2, 0) is 11.3 Å². The first-order valence-corrected chi connectivity index (χ1v) is 8.45. The smallest absolute Gasteiger partial charge is 0.270 e. The Hall–Kier alpha value is -3.06. The number of carbonyl (C=O) groups excluding carboxylic acids is 1. The van der Waals surface area contributed by atoms with Crippen molar-refractivity contribution in [2.75, 3.05) is 6.54 Å². The molecule has 27 heavy (non-hydrogen) atoms. The highest BCUT2D eigenvalue weighted by molar-refractivity contribution is 6.44. The first kappa shape index (κ1) is 20.3. The van der Waals surface area contributed by atoms with Crippen LogP contribution in [0, 0.1) is 12.7 Å². The minimum Gasteiger partial charge on any atom is -0.347 e. The van der Waals surface area contributed by atoms with Gasteiger partial charge >= 0.3 is 0 Å². The molecule has 0 aliphatic carbocycles. The Morgan fingerprint density at radius 3 is 2.70 bits per heavy atom. The third-order valence-electron chi connectivity index (χ3n) is 3.91. The molecular weight excluding hydrogens is 345 g/mol. The summed E-state index contributed by atoms with van der Waals surface area (Å²) in [5.41, 5.74) is 9.14. The summed E-state index contributed by atoms with van der Waals surface area (Å²) < 4.78 is 13.3. The molecule has 7 heteroatoms. The zero-order chi connectivity index (χ0) is 20.1. The summed E-state index contributed by atoms with van der Waals surface area (Å²) in [6.07, 6.45) is 1.61. The summed E-state index contributed by atoms with van der Waals surface area (Å²) in [5, 5.41) is 8.66. The number of aryl methyl sites for hydroxylation is 1. The molecule has 0 saturated heterocycles. The summed E-state index contributed by atoms with van der Waals surface area (Å²) in [4.78, 5) is 16.8. The van der Waals surface area contributed by atoms with Crippen molar-refractivity contribution in [3.8, 4) is 0 Å². The molecule has 3 N–H and O–H groups in total. The molecule has 2 rings (SSSR count). The van der Waals surface area contributed by atoms with Crippen molar-refractivity contribution in [3.63, 3.8) is 0 Å². The first-order valence-electron chi connectivity index (χ1n) is 8.45. The van der Waals surface area contributed by atoms with E-state index < -0.39 is 0 Å². The van der Waals surface area contributed by atoms with Gasteiger partial charge in [0.1, 0.15) is 17.3 Å². The summed E-state index contributed by atoms with van der Waals surface area (Å²) in [6, 6.07) is 4.70. The molecule has 1 aliphatic heterocycles. The molecular formula is C20H24FN5O. The van der Waals surface area contributed by atoms with Gasteiger partial charge in [0.25, 0.3) is 5.91 Å². The summed E-state index contributed by atoms with van der Waals surface area (Å²) in [5.74, 6) is -0.345. The SMILES string of the molecule is C=C(C)C1=CC(C(=O)NCc2ccc(F)c(C)c2)=NC(=C)N1/N=C(\C)CN. The van der Waals surface area contributed by atoms with Gasteiger partial charge in [-0.05, 0) is 49.6 Å². The highest BCUT2D eigenvalue weighted by Crippen LogP contribution is 2.24. The van der Waals surface area contributed by atoms with Crippen LogP contribution in [0.25, 0.3) is 0 Å². The molecule has 0 spiro atoms. The van der Waals surface area contributed by atoms with Gasteiger partial charge in [0.15, 0.2) is 0 Å². The topological polar surface area (TPSA) is 83.1 Å². The van der Waals surface area contributed by atoms with Crippen LogP contribution in [0.2, 0.25) is 0 Å². The Morgan fingerprint density at radius 2 is 2.11 bits per heavy atom. The van der Waals surface area contributed by atoms with E-state index in [4.69, 9.17) is 5.73 Å². The van der Waals surface area contributed by atoms with Crippen LogP contribution in [0.1, 0.15) is 25.0 Å². The van der Waals surface area contributed by atoms with Gasteiger partial charge in [-0.15, -0.1) is 0 Å². The number of aliphatic imine (C=N–C) groups is 1. The Kier molecular flexibility index (Phi) is 6.41. The number of nitrogens with one attached hydrogen (secondary N) is 1. The summed E-state index contributed by atoms with van der Waals surface area (Å²) in [6.45, 7) is 13.6. The fraction of sp³-hybridized carbons (Fsp3) is 0.250. The van der Waals surface area contributed by atoms with Gasteiger partial charge in [0.2, 0.25) is 0 Å². The lowest BCUT2D eigenvalue weighted by Crippen LogP contribution is -2.33. The number of nitrogens with two attached hydrogens (primary N) is 1. The van der Waals surface area contributed by atoms with Crippen LogP contribution < -0.4 is 11.1 Å². The van der Waals surface area contributed by atoms with E-state index in [1.165, 1.54) is 11.1 Å². The minimum absolute atomic E-state index is 0.202. The molecule has 0 fully saturated rings. The van der Waals surface area contributed by atoms with Gasteiger partial charge in [0.05, 0.1) is 5.70 Å². The Labute approximate surface area is 158 Å². The molecule has 1 amide bonds. The number of carbonyl (C=O) groups is 1. The molecule has 1 aliphatic rings. The van der Waals surface area contributed by atoms with Gasteiger partial charge in [-0.3, -0.25) is 4.79 Å². The lowest BCUT2D eigenvalue weighted by Gasteiger charge is -2.26. The molecule has 1 heterocycles. The van der Waals surface area contributed by atoms with Crippen LogP contribution in [0.15, 0.2) is 64.6 Å². The van der Waals surface area contributed by atoms with Crippen molar-refractivity contribution in [1.82, 2.24) is 10.3 Å². The second-order valence-electron chi connectivity index (χ2n) is 6.34. The van der Waals surface area contributed by atoms with E-state index >= 15 is 0 Å². The number of hydrogen-bond acceptors (Lipinski definition) is 5. The van der Waals surface area contributed by atoms with Gasteiger partial charge < -0.3 is 11.1 Å². The van der Waals surface area contributed by atoms with Gasteiger partial charge in [-0.25, -0.2) is 14.4 Å². The van der Waals surface area contributed by atoms with Crippen molar-refractivity contribution in [2.24, 2.45) is 15.8 Å². The number of allylic oxidation sites excluding steroid dienone is 1. The number of hydrogen-bond donors (Lipinski definition) is 2. The van der Waals surface area contributed by atoms with E-state index in [-0.39, 0.29) is 24.0 Å². The number of hydrazone groups is 1. The van der Waals surface area contributed by atoms with E-state index in [1.54, 1.807) is 32.1 Å². The van der Waals surface area contributed by atoms with E-state index in [9.17, 15) is 9.18 Å². The van der Waals surface area contributed by atoms with E-state index in [0.717, 1.165) is 5.56 Å². The third kappa shape index (κ3) is 4.98. The zero-order valence-electron chi connectivity index (χ0n) is 15.8. The predicted octanol–water partition coefficient (Wildman–Crippen LogP) is 2.77. The highest BCUT2D eigenvalue weighted by atomic mass is 19.1. The van der Waals surface area contributed by atoms with Crippen molar-refractivity contribution in [1.29, 1.82) is 0 Å². The quantitative estimate of drug-likeness (QED) is 0.757. The lowest BCUT2D eigenvalue weighted by atomic mass is 10.1. The molecule has 0 unspecified atom stereocenters. The third-order valence-corrected chi connectivity index (χ3v) is 3.91. The molecule has 1 aromatic rings. The Balaban J connectivity index is 2.18. The fourth-order valence-corrected chi connectivity index (χ4v) is 2.38. The minimum atomic E-state index is -0.365. The fourth-order valence-electron chi connectivity index (χ4n) is 2.38. The van der Waals surface area contributed by atoms with Crippen LogP contribution >= 0.6 is 0 Å². The summed E-state index contributed by atoms with van der Waals surface area (Å²) in [7, 11) is 0. The molecule has 6 nitrogen and oxygen atoms in total. The number of amides is 1. The largest absolute Gasteiger partial charge is 0.347 e. The van der Waals surface area contributed by atoms with E-state index in [1.807, 2.05) is 6.92 Å². The molecule has 1 aromatic carbocycles. The first-order chi connectivity index (χ1) is 12.7. The average molecular weight is 369 g/mol. The standard InChI is InChI=1S/C20H24FN5O/c1-12(2)19-9-18(24-15(5)26(19)25-14(4)10-22)20(27)23-11-16-6-7-17(21)13(3)8-16/h6-9H,1,5,10-11,22H2,2-4H3,(H,23,27)/b25-14+. The monoisotopic (exact) mass is 369 g/mol. The maximum atomic E-state index is 13.3. The predicted molar refractivity (Wildman–Crippen MR) is 106 cm³/mol. The molecule has 0 saturated carbocycles. The van der Waals surface area contributed by atoms with Crippen molar-refractivity contribution < 1.29 is 9.18 Å². The molecule has 0 bridgehead atoms. The highest BCUT2D eigenvalue weighted by Gasteiger charge is 2.23. The second-order valence-corrected chi connectivity index (χ2v) is 6.34. The lowest BCUT2D eigenvalue weighted by molar-refractivity contribution is -0.114. The number of halogens is 1. The Morgan fingerprint density at radius 1 is 1.41 bits per heavy atom. The van der Waals surface area contributed by atoms with Crippen molar-refractivity contribution >= 4 is 17.3 Å². The maximum absolute atomic E-state index is 13.3. The van der Waals surface area contributed by atoms with Crippen LogP contribution in [-0.4, -0.2) is 28.9 Å².